The van der Waals surface area contributed by atoms with Crippen molar-refractivity contribution in [1.29, 1.82) is 0 Å². The standard InChI is InChI=1S/C21H19Cl2N3O2/c1-3-4-17-18(23)19(26(2)25-17)21(28)24-16-11-7-14(8-12-16)20(27)13-5-9-15(22)10-6-13/h5-12H,3-4H2,1-2H3,(H,24,28). The SMILES string of the molecule is CCCc1nn(C)c(C(=O)Nc2ccc(C(=O)c3ccc(Cl)cc3)cc2)c1Cl. The van der Waals surface area contributed by atoms with Gasteiger partial charge in [-0.05, 0) is 55.0 Å². The fraction of sp³-hybridized carbons (Fsp3) is 0.190. The van der Waals surface area contributed by atoms with E-state index in [0.29, 0.717) is 44.7 Å². The fourth-order valence-corrected chi connectivity index (χ4v) is 3.33. The fourth-order valence-electron chi connectivity index (χ4n) is 2.86. The van der Waals surface area contributed by atoms with Gasteiger partial charge in [-0.15, -0.1) is 0 Å². The van der Waals surface area contributed by atoms with E-state index < -0.39 is 0 Å². The van der Waals surface area contributed by atoms with E-state index >= 15 is 0 Å². The molecule has 0 spiro atoms. The molecule has 0 bridgehead atoms. The molecule has 0 atom stereocenters. The number of carbonyl (C=O) groups excluding carboxylic acids is 2. The van der Waals surface area contributed by atoms with Crippen molar-refractivity contribution in [3.05, 3.63) is 81.1 Å². The topological polar surface area (TPSA) is 64.0 Å². The Morgan fingerprint density at radius 2 is 1.57 bits per heavy atom. The van der Waals surface area contributed by atoms with Crippen LogP contribution in [-0.2, 0) is 13.5 Å². The van der Waals surface area contributed by atoms with Gasteiger partial charge in [-0.2, -0.15) is 5.10 Å². The zero-order valence-electron chi connectivity index (χ0n) is 15.5. The molecular formula is C21H19Cl2N3O2. The van der Waals surface area contributed by atoms with E-state index in [2.05, 4.69) is 10.4 Å². The van der Waals surface area contributed by atoms with E-state index in [1.165, 1.54) is 4.68 Å². The zero-order chi connectivity index (χ0) is 20.3. The quantitative estimate of drug-likeness (QED) is 0.565. The lowest BCUT2D eigenvalue weighted by Gasteiger charge is -2.07. The first kappa shape index (κ1) is 20.1. The van der Waals surface area contributed by atoms with Gasteiger partial charge in [0, 0.05) is 28.9 Å². The maximum Gasteiger partial charge on any atom is 0.275 e. The summed E-state index contributed by atoms with van der Waals surface area (Å²) in [7, 11) is 1.69. The lowest BCUT2D eigenvalue weighted by Crippen LogP contribution is -2.16. The van der Waals surface area contributed by atoms with Gasteiger partial charge in [0.25, 0.3) is 5.91 Å². The molecule has 0 aliphatic rings. The Labute approximate surface area is 173 Å². The number of nitrogens with zero attached hydrogens (tertiary/aromatic N) is 2. The summed E-state index contributed by atoms with van der Waals surface area (Å²) in [5, 5.41) is 8.05. The molecule has 28 heavy (non-hydrogen) atoms. The van der Waals surface area contributed by atoms with Gasteiger partial charge >= 0.3 is 0 Å². The third-order valence-corrected chi connectivity index (χ3v) is 4.92. The maximum atomic E-state index is 12.6. The highest BCUT2D eigenvalue weighted by Gasteiger charge is 2.20. The summed E-state index contributed by atoms with van der Waals surface area (Å²) in [6.07, 6.45) is 1.60. The maximum absolute atomic E-state index is 12.6. The van der Waals surface area contributed by atoms with Gasteiger partial charge in [-0.1, -0.05) is 36.5 Å². The van der Waals surface area contributed by atoms with Crippen molar-refractivity contribution >= 4 is 40.6 Å². The molecular weight excluding hydrogens is 397 g/mol. The van der Waals surface area contributed by atoms with Crippen LogP contribution in [0.15, 0.2) is 48.5 Å². The Morgan fingerprint density at radius 3 is 2.14 bits per heavy atom. The number of hydrogen-bond acceptors (Lipinski definition) is 3. The second kappa shape index (κ2) is 8.59. The van der Waals surface area contributed by atoms with Crippen molar-refractivity contribution in [3.63, 3.8) is 0 Å². The molecule has 2 aromatic carbocycles. The summed E-state index contributed by atoms with van der Waals surface area (Å²) in [5.74, 6) is -0.465. The predicted octanol–water partition coefficient (Wildman–Crippen LogP) is 5.16. The second-order valence-corrected chi connectivity index (χ2v) is 7.16. The minimum Gasteiger partial charge on any atom is -0.321 e. The number of aryl methyl sites for hydroxylation is 2. The molecule has 1 N–H and O–H groups in total. The summed E-state index contributed by atoms with van der Waals surface area (Å²) in [4.78, 5) is 25.1. The molecule has 3 rings (SSSR count). The van der Waals surface area contributed by atoms with Crippen molar-refractivity contribution in [2.24, 2.45) is 7.05 Å². The number of nitrogens with one attached hydrogen (secondary N) is 1. The van der Waals surface area contributed by atoms with Gasteiger partial charge < -0.3 is 5.32 Å². The van der Waals surface area contributed by atoms with E-state index in [1.807, 2.05) is 6.92 Å². The van der Waals surface area contributed by atoms with Gasteiger partial charge in [0.05, 0.1) is 10.7 Å². The summed E-state index contributed by atoms with van der Waals surface area (Å²) < 4.78 is 1.49. The normalized spacial score (nSPS) is 10.7. The Morgan fingerprint density at radius 1 is 1.00 bits per heavy atom. The van der Waals surface area contributed by atoms with Crippen LogP contribution in [0.5, 0.6) is 0 Å². The lowest BCUT2D eigenvalue weighted by atomic mass is 10.0. The third-order valence-electron chi connectivity index (χ3n) is 4.27. The first-order valence-electron chi connectivity index (χ1n) is 8.83. The number of carbonyl (C=O) groups is 2. The molecule has 1 aromatic heterocycles. The third kappa shape index (κ3) is 4.26. The minimum atomic E-state index is -0.348. The lowest BCUT2D eigenvalue weighted by molar-refractivity contribution is 0.101. The van der Waals surface area contributed by atoms with Crippen LogP contribution in [0.2, 0.25) is 10.0 Å². The van der Waals surface area contributed by atoms with E-state index in [-0.39, 0.29) is 11.7 Å². The van der Waals surface area contributed by atoms with Crippen LogP contribution in [0, 0.1) is 0 Å². The smallest absolute Gasteiger partial charge is 0.275 e. The summed E-state index contributed by atoms with van der Waals surface area (Å²) >= 11 is 12.2. The van der Waals surface area contributed by atoms with Crippen LogP contribution in [0.25, 0.3) is 0 Å². The molecule has 0 aliphatic heterocycles. The number of hydrogen-bond donors (Lipinski definition) is 1. The predicted molar refractivity (Wildman–Crippen MR) is 111 cm³/mol. The Hall–Kier alpha value is -2.63. The molecule has 1 heterocycles. The molecule has 0 aliphatic carbocycles. The molecule has 3 aromatic rings. The van der Waals surface area contributed by atoms with Crippen molar-refractivity contribution < 1.29 is 9.59 Å². The highest BCUT2D eigenvalue weighted by atomic mass is 35.5. The van der Waals surface area contributed by atoms with Gasteiger partial charge in [-0.25, -0.2) is 0 Å². The van der Waals surface area contributed by atoms with Gasteiger partial charge in [0.1, 0.15) is 5.69 Å². The van der Waals surface area contributed by atoms with E-state index in [1.54, 1.807) is 55.6 Å². The first-order chi connectivity index (χ1) is 13.4. The first-order valence-corrected chi connectivity index (χ1v) is 9.59. The number of rotatable bonds is 6. The van der Waals surface area contributed by atoms with Crippen LogP contribution in [0.3, 0.4) is 0 Å². The number of ketones is 1. The monoisotopic (exact) mass is 415 g/mol. The van der Waals surface area contributed by atoms with Crippen LogP contribution < -0.4 is 5.32 Å². The molecule has 0 saturated carbocycles. The van der Waals surface area contributed by atoms with Gasteiger partial charge in [0.15, 0.2) is 5.78 Å². The average Bonchev–Trinajstić information content (AvgIpc) is 2.96. The van der Waals surface area contributed by atoms with Crippen molar-refractivity contribution in [2.75, 3.05) is 5.32 Å². The van der Waals surface area contributed by atoms with E-state index in [4.69, 9.17) is 23.2 Å². The number of aromatic nitrogens is 2. The highest BCUT2D eigenvalue weighted by molar-refractivity contribution is 6.34. The Kier molecular flexibility index (Phi) is 6.17. The summed E-state index contributed by atoms with van der Waals surface area (Å²) in [5.41, 5.74) is 2.65. The number of halogens is 2. The largest absolute Gasteiger partial charge is 0.321 e. The molecule has 0 saturated heterocycles. The van der Waals surface area contributed by atoms with Gasteiger partial charge in [-0.3, -0.25) is 14.3 Å². The molecule has 0 unspecified atom stereocenters. The van der Waals surface area contributed by atoms with E-state index in [0.717, 1.165) is 6.42 Å². The van der Waals surface area contributed by atoms with Crippen LogP contribution >= 0.6 is 23.2 Å². The molecule has 5 nitrogen and oxygen atoms in total. The molecule has 7 heteroatoms. The molecule has 1 amide bonds. The van der Waals surface area contributed by atoms with Crippen LogP contribution in [-0.4, -0.2) is 21.5 Å². The van der Waals surface area contributed by atoms with Crippen LogP contribution in [0.4, 0.5) is 5.69 Å². The minimum absolute atomic E-state index is 0.117. The van der Waals surface area contributed by atoms with Crippen LogP contribution in [0.1, 0.15) is 45.4 Å². The average molecular weight is 416 g/mol. The van der Waals surface area contributed by atoms with E-state index in [9.17, 15) is 9.59 Å². The summed E-state index contributed by atoms with van der Waals surface area (Å²) in [6, 6.07) is 13.4. The number of benzene rings is 2. The number of anilines is 1. The molecule has 0 fully saturated rings. The second-order valence-electron chi connectivity index (χ2n) is 6.35. The Balaban J connectivity index is 1.75. The zero-order valence-corrected chi connectivity index (χ0v) is 17.0. The summed E-state index contributed by atoms with van der Waals surface area (Å²) in [6.45, 7) is 2.03. The Bertz CT molecular complexity index is 1010. The molecule has 144 valence electrons. The molecule has 0 radical (unpaired) electrons. The van der Waals surface area contributed by atoms with Crippen molar-refractivity contribution in [3.8, 4) is 0 Å². The van der Waals surface area contributed by atoms with Crippen molar-refractivity contribution in [1.82, 2.24) is 9.78 Å². The van der Waals surface area contributed by atoms with Gasteiger partial charge in [0.2, 0.25) is 0 Å². The number of amides is 1. The van der Waals surface area contributed by atoms with Crippen molar-refractivity contribution in [2.45, 2.75) is 19.8 Å². The highest BCUT2D eigenvalue weighted by Crippen LogP contribution is 2.23.